The third-order valence-corrected chi connectivity index (χ3v) is 2.62. The number of hydrogen-bond donors (Lipinski definition) is 1. The highest BCUT2D eigenvalue weighted by molar-refractivity contribution is 5.31. The van der Waals surface area contributed by atoms with Gasteiger partial charge in [-0.1, -0.05) is 13.8 Å². The lowest BCUT2D eigenvalue weighted by molar-refractivity contribution is 0.759. The Kier molecular flexibility index (Phi) is 3.54. The zero-order chi connectivity index (χ0) is 12.3. The molecule has 17 heavy (non-hydrogen) atoms. The number of aromatic nitrogens is 3. The number of nitrogens with zero attached hydrogens (tertiary/aromatic N) is 3. The highest BCUT2D eigenvalue weighted by Crippen LogP contribution is 2.14. The molecule has 0 atom stereocenters. The molecule has 0 radical (unpaired) electrons. The van der Waals surface area contributed by atoms with Gasteiger partial charge in [-0.2, -0.15) is 5.10 Å². The summed E-state index contributed by atoms with van der Waals surface area (Å²) in [5.74, 6) is 0.454. The van der Waals surface area contributed by atoms with Crippen LogP contribution in [-0.2, 0) is 6.54 Å². The third kappa shape index (κ3) is 2.71. The lowest BCUT2D eigenvalue weighted by Crippen LogP contribution is -2.07. The van der Waals surface area contributed by atoms with Crippen molar-refractivity contribution in [1.29, 1.82) is 0 Å². The van der Waals surface area contributed by atoms with E-state index in [1.807, 2.05) is 36.3 Å². The monoisotopic (exact) mass is 230 g/mol. The van der Waals surface area contributed by atoms with E-state index >= 15 is 0 Å². The minimum absolute atomic E-state index is 0.454. The highest BCUT2D eigenvalue weighted by atomic mass is 15.3. The summed E-state index contributed by atoms with van der Waals surface area (Å²) in [7, 11) is 1.92. The van der Waals surface area contributed by atoms with E-state index in [9.17, 15) is 0 Å². The predicted molar refractivity (Wildman–Crippen MR) is 68.2 cm³/mol. The normalized spacial score (nSPS) is 11.1. The van der Waals surface area contributed by atoms with E-state index in [0.717, 1.165) is 23.6 Å². The van der Waals surface area contributed by atoms with Crippen LogP contribution in [0.15, 0.2) is 30.6 Å². The van der Waals surface area contributed by atoms with Gasteiger partial charge in [0, 0.05) is 18.9 Å². The first-order chi connectivity index (χ1) is 8.20. The maximum Gasteiger partial charge on any atom is 0.0679 e. The smallest absolute Gasteiger partial charge is 0.0679 e. The predicted octanol–water partition coefficient (Wildman–Crippen LogP) is 2.11. The lowest BCUT2D eigenvalue weighted by atomic mass is 10.1. The fourth-order valence-electron chi connectivity index (χ4n) is 1.68. The first-order valence-corrected chi connectivity index (χ1v) is 5.86. The molecule has 4 heteroatoms. The zero-order valence-electron chi connectivity index (χ0n) is 10.5. The van der Waals surface area contributed by atoms with Gasteiger partial charge in [0.2, 0.25) is 0 Å². The summed E-state index contributed by atoms with van der Waals surface area (Å²) in [5, 5.41) is 7.64. The van der Waals surface area contributed by atoms with Crippen LogP contribution < -0.4 is 5.32 Å². The summed E-state index contributed by atoms with van der Waals surface area (Å²) < 4.78 is 1.90. The summed E-state index contributed by atoms with van der Waals surface area (Å²) in [4.78, 5) is 4.29. The standard InChI is InChI=1S/C13H18N4/c1-10(2)13-5-7-17(16-13)12-4-6-15-11(8-12)9-14-3/h4-8,10,14H,9H2,1-3H3. The van der Waals surface area contributed by atoms with Crippen LogP contribution in [0, 0.1) is 0 Å². The molecule has 4 nitrogen and oxygen atoms in total. The Labute approximate surface area is 102 Å². The molecule has 2 rings (SSSR count). The number of hydrogen-bond acceptors (Lipinski definition) is 3. The van der Waals surface area contributed by atoms with Crippen molar-refractivity contribution < 1.29 is 0 Å². The van der Waals surface area contributed by atoms with Crippen molar-refractivity contribution in [2.24, 2.45) is 0 Å². The fourth-order valence-corrected chi connectivity index (χ4v) is 1.68. The molecule has 0 aromatic carbocycles. The third-order valence-electron chi connectivity index (χ3n) is 2.62. The van der Waals surface area contributed by atoms with Crippen LogP contribution in [0.2, 0.25) is 0 Å². The van der Waals surface area contributed by atoms with E-state index in [-0.39, 0.29) is 0 Å². The van der Waals surface area contributed by atoms with Gasteiger partial charge in [0.15, 0.2) is 0 Å². The SMILES string of the molecule is CNCc1cc(-n2ccc(C(C)C)n2)ccn1. The highest BCUT2D eigenvalue weighted by Gasteiger charge is 2.05. The summed E-state index contributed by atoms with van der Waals surface area (Å²) in [5.41, 5.74) is 3.18. The van der Waals surface area contributed by atoms with Crippen molar-refractivity contribution in [1.82, 2.24) is 20.1 Å². The van der Waals surface area contributed by atoms with E-state index in [2.05, 4.69) is 35.3 Å². The molecule has 0 aliphatic carbocycles. The fraction of sp³-hybridized carbons (Fsp3) is 0.385. The van der Waals surface area contributed by atoms with Gasteiger partial charge in [0.25, 0.3) is 0 Å². The van der Waals surface area contributed by atoms with E-state index in [0.29, 0.717) is 5.92 Å². The second-order valence-electron chi connectivity index (χ2n) is 4.38. The maximum absolute atomic E-state index is 4.55. The Morgan fingerprint density at radius 2 is 2.18 bits per heavy atom. The molecule has 0 unspecified atom stereocenters. The molecule has 2 aromatic rings. The van der Waals surface area contributed by atoms with Crippen LogP contribution in [0.3, 0.4) is 0 Å². The molecule has 1 N–H and O–H groups in total. The van der Waals surface area contributed by atoms with E-state index in [1.54, 1.807) is 0 Å². The lowest BCUT2D eigenvalue weighted by Gasteiger charge is -2.04. The average molecular weight is 230 g/mol. The first kappa shape index (κ1) is 11.8. The Morgan fingerprint density at radius 3 is 2.82 bits per heavy atom. The molecule has 0 amide bonds. The number of rotatable bonds is 4. The molecule has 0 saturated heterocycles. The molecule has 2 heterocycles. The minimum atomic E-state index is 0.454. The summed E-state index contributed by atoms with van der Waals surface area (Å²) in [6.45, 7) is 5.06. The van der Waals surface area contributed by atoms with Gasteiger partial charge in [-0.25, -0.2) is 4.68 Å². The van der Waals surface area contributed by atoms with Gasteiger partial charge in [-0.15, -0.1) is 0 Å². The second kappa shape index (κ2) is 5.10. The Bertz CT molecular complexity index is 488. The quantitative estimate of drug-likeness (QED) is 0.874. The van der Waals surface area contributed by atoms with Gasteiger partial charge in [-0.05, 0) is 31.2 Å². The van der Waals surface area contributed by atoms with E-state index in [1.165, 1.54) is 0 Å². The molecule has 0 spiro atoms. The molecular weight excluding hydrogens is 212 g/mol. The van der Waals surface area contributed by atoms with Gasteiger partial charge in [-0.3, -0.25) is 4.98 Å². The largest absolute Gasteiger partial charge is 0.314 e. The van der Waals surface area contributed by atoms with Crippen molar-refractivity contribution in [3.05, 3.63) is 42.0 Å². The molecule has 2 aromatic heterocycles. The molecule has 0 bridgehead atoms. The van der Waals surface area contributed by atoms with Crippen LogP contribution in [0.4, 0.5) is 0 Å². The Balaban J connectivity index is 2.28. The first-order valence-electron chi connectivity index (χ1n) is 5.86. The number of nitrogens with one attached hydrogen (secondary N) is 1. The molecular formula is C13H18N4. The molecule has 0 fully saturated rings. The van der Waals surface area contributed by atoms with E-state index < -0.39 is 0 Å². The van der Waals surface area contributed by atoms with Crippen LogP contribution in [0.25, 0.3) is 5.69 Å². The van der Waals surface area contributed by atoms with Crippen LogP contribution in [0.5, 0.6) is 0 Å². The molecule has 90 valence electrons. The van der Waals surface area contributed by atoms with Gasteiger partial charge in [0.05, 0.1) is 17.1 Å². The topological polar surface area (TPSA) is 42.7 Å². The van der Waals surface area contributed by atoms with Crippen molar-refractivity contribution in [2.45, 2.75) is 26.3 Å². The van der Waals surface area contributed by atoms with Crippen LogP contribution in [-0.4, -0.2) is 21.8 Å². The maximum atomic E-state index is 4.55. The Hall–Kier alpha value is -1.68. The number of pyridine rings is 1. The van der Waals surface area contributed by atoms with Crippen molar-refractivity contribution in [2.75, 3.05) is 7.05 Å². The van der Waals surface area contributed by atoms with Crippen molar-refractivity contribution in [3.8, 4) is 5.69 Å². The minimum Gasteiger partial charge on any atom is -0.314 e. The molecule has 0 aliphatic heterocycles. The summed E-state index contributed by atoms with van der Waals surface area (Å²) >= 11 is 0. The van der Waals surface area contributed by atoms with Crippen molar-refractivity contribution >= 4 is 0 Å². The molecule has 0 saturated carbocycles. The Morgan fingerprint density at radius 1 is 1.35 bits per heavy atom. The average Bonchev–Trinajstić information content (AvgIpc) is 2.79. The summed E-state index contributed by atoms with van der Waals surface area (Å²) in [6.07, 6.45) is 3.81. The second-order valence-corrected chi connectivity index (χ2v) is 4.38. The van der Waals surface area contributed by atoms with Crippen LogP contribution >= 0.6 is 0 Å². The molecule has 0 aliphatic rings. The zero-order valence-corrected chi connectivity index (χ0v) is 10.5. The van der Waals surface area contributed by atoms with Crippen LogP contribution in [0.1, 0.15) is 31.2 Å². The van der Waals surface area contributed by atoms with E-state index in [4.69, 9.17) is 0 Å². The van der Waals surface area contributed by atoms with Gasteiger partial charge >= 0.3 is 0 Å². The van der Waals surface area contributed by atoms with Crippen molar-refractivity contribution in [3.63, 3.8) is 0 Å². The van der Waals surface area contributed by atoms with Gasteiger partial charge < -0.3 is 5.32 Å². The summed E-state index contributed by atoms with van der Waals surface area (Å²) in [6, 6.07) is 6.08. The van der Waals surface area contributed by atoms with Gasteiger partial charge in [0.1, 0.15) is 0 Å².